The van der Waals surface area contributed by atoms with Gasteiger partial charge in [-0.2, -0.15) is 0 Å². The lowest BCUT2D eigenvalue weighted by atomic mass is 10.5. The summed E-state index contributed by atoms with van der Waals surface area (Å²) >= 11 is 0. The molecule has 112 valence electrons. The molecule has 0 radical (unpaired) electrons. The molecule has 0 aliphatic heterocycles. The van der Waals surface area contributed by atoms with Gasteiger partial charge in [0.15, 0.2) is 12.4 Å². The quantitative estimate of drug-likeness (QED) is 0.660. The molecule has 0 aromatic carbocycles. The summed E-state index contributed by atoms with van der Waals surface area (Å²) < 4.78 is 6.79. The van der Waals surface area contributed by atoms with Crippen LogP contribution in [-0.4, -0.2) is 49.7 Å². The highest BCUT2D eigenvalue weighted by Crippen LogP contribution is 2.03. The third kappa shape index (κ3) is 4.20. The minimum atomic E-state index is -0.393. The van der Waals surface area contributed by atoms with E-state index >= 15 is 0 Å². The molecule has 2 heterocycles. The predicted molar refractivity (Wildman–Crippen MR) is 73.2 cm³/mol. The molecule has 0 saturated heterocycles. The van der Waals surface area contributed by atoms with E-state index in [0.717, 1.165) is 6.42 Å². The molecule has 9 nitrogen and oxygen atoms in total. The first kappa shape index (κ1) is 14.8. The first-order valence-corrected chi connectivity index (χ1v) is 6.59. The van der Waals surface area contributed by atoms with Gasteiger partial charge in [0, 0.05) is 26.0 Å². The molecule has 2 aromatic rings. The summed E-state index contributed by atoms with van der Waals surface area (Å²) in [5.41, 5.74) is 0. The zero-order valence-electron chi connectivity index (χ0n) is 12.0. The molecule has 0 saturated carbocycles. The summed E-state index contributed by atoms with van der Waals surface area (Å²) in [6, 6.07) is 1.71. The van der Waals surface area contributed by atoms with Crippen molar-refractivity contribution in [3.05, 3.63) is 24.3 Å². The molecular weight excluding hydrogens is 274 g/mol. The summed E-state index contributed by atoms with van der Waals surface area (Å²) in [7, 11) is 1.72. The third-order valence-corrected chi connectivity index (χ3v) is 2.66. The highest BCUT2D eigenvalue weighted by molar-refractivity contribution is 5.74. The van der Waals surface area contributed by atoms with Gasteiger partial charge in [-0.15, -0.1) is 5.10 Å². The van der Waals surface area contributed by atoms with E-state index in [4.69, 9.17) is 4.74 Å². The summed E-state index contributed by atoms with van der Waals surface area (Å²) in [6.45, 7) is 2.82. The number of rotatable bonds is 7. The van der Waals surface area contributed by atoms with Crippen LogP contribution >= 0.6 is 0 Å². The number of hydrogen-bond donors (Lipinski definition) is 0. The van der Waals surface area contributed by atoms with Crippen molar-refractivity contribution in [1.29, 1.82) is 0 Å². The lowest BCUT2D eigenvalue weighted by Gasteiger charge is -2.15. The van der Waals surface area contributed by atoms with Crippen LogP contribution < -0.4 is 4.90 Å². The van der Waals surface area contributed by atoms with Gasteiger partial charge in [0.25, 0.3) is 0 Å². The Morgan fingerprint density at radius 3 is 2.86 bits per heavy atom. The van der Waals surface area contributed by atoms with Crippen molar-refractivity contribution in [2.75, 3.05) is 18.5 Å². The molecule has 0 N–H and O–H groups in total. The van der Waals surface area contributed by atoms with Gasteiger partial charge < -0.3 is 9.64 Å². The topological polar surface area (TPSA) is 98.9 Å². The average molecular weight is 291 g/mol. The molecule has 0 amide bonds. The number of hydrogen-bond acceptors (Lipinski definition) is 8. The standard InChI is InChI=1S/C12H17N7O2/c1-3-7-19-10(15-16-17-19)9-21-11(20)8-18(2)12-13-5-4-6-14-12/h4-6H,3,7-9H2,1-2H3. The second kappa shape index (κ2) is 7.27. The van der Waals surface area contributed by atoms with E-state index in [1.807, 2.05) is 6.92 Å². The van der Waals surface area contributed by atoms with Crippen molar-refractivity contribution in [2.45, 2.75) is 26.5 Å². The maximum atomic E-state index is 11.8. The number of nitrogens with zero attached hydrogens (tertiary/aromatic N) is 7. The Balaban J connectivity index is 1.83. The van der Waals surface area contributed by atoms with Crippen LogP contribution in [0.1, 0.15) is 19.2 Å². The van der Waals surface area contributed by atoms with E-state index in [0.29, 0.717) is 18.3 Å². The SMILES string of the molecule is CCCn1nnnc1COC(=O)CN(C)c1ncccn1. The fourth-order valence-corrected chi connectivity index (χ4v) is 1.66. The van der Waals surface area contributed by atoms with Gasteiger partial charge in [0.1, 0.15) is 6.54 Å². The lowest BCUT2D eigenvalue weighted by molar-refractivity contribution is -0.143. The fraction of sp³-hybridized carbons (Fsp3) is 0.500. The summed E-state index contributed by atoms with van der Waals surface area (Å²) in [6.07, 6.45) is 4.13. The largest absolute Gasteiger partial charge is 0.456 e. The number of esters is 1. The fourth-order valence-electron chi connectivity index (χ4n) is 1.66. The Labute approximate surface area is 122 Å². The molecule has 2 aromatic heterocycles. The van der Waals surface area contributed by atoms with Crippen LogP contribution in [0.25, 0.3) is 0 Å². The van der Waals surface area contributed by atoms with Gasteiger partial charge in [0.05, 0.1) is 0 Å². The molecule has 0 aliphatic carbocycles. The highest BCUT2D eigenvalue weighted by atomic mass is 16.5. The first-order valence-electron chi connectivity index (χ1n) is 6.59. The van der Waals surface area contributed by atoms with E-state index < -0.39 is 5.97 Å². The summed E-state index contributed by atoms with van der Waals surface area (Å²) in [5, 5.41) is 11.2. The molecule has 0 unspecified atom stereocenters. The number of ether oxygens (including phenoxy) is 1. The Bertz CT molecular complexity index is 572. The van der Waals surface area contributed by atoms with Crippen LogP contribution in [0.4, 0.5) is 5.95 Å². The molecule has 21 heavy (non-hydrogen) atoms. The van der Waals surface area contributed by atoms with E-state index in [1.54, 1.807) is 35.1 Å². The number of aryl methyl sites for hydroxylation is 1. The number of tetrazole rings is 1. The number of carbonyl (C=O) groups excluding carboxylic acids is 1. The summed E-state index contributed by atoms with van der Waals surface area (Å²) in [5.74, 6) is 0.602. The Kier molecular flexibility index (Phi) is 5.13. The van der Waals surface area contributed by atoms with Gasteiger partial charge in [0.2, 0.25) is 5.95 Å². The van der Waals surface area contributed by atoms with Crippen LogP contribution in [0.5, 0.6) is 0 Å². The van der Waals surface area contributed by atoms with Gasteiger partial charge in [-0.1, -0.05) is 6.92 Å². The maximum Gasteiger partial charge on any atom is 0.326 e. The van der Waals surface area contributed by atoms with Crippen molar-refractivity contribution >= 4 is 11.9 Å². The second-order valence-electron chi connectivity index (χ2n) is 4.38. The van der Waals surface area contributed by atoms with Crippen LogP contribution in [0.3, 0.4) is 0 Å². The first-order chi connectivity index (χ1) is 10.2. The average Bonchev–Trinajstić information content (AvgIpc) is 2.94. The minimum Gasteiger partial charge on any atom is -0.456 e. The zero-order chi connectivity index (χ0) is 15.1. The van der Waals surface area contributed by atoms with Crippen molar-refractivity contribution in [3.63, 3.8) is 0 Å². The lowest BCUT2D eigenvalue weighted by Crippen LogP contribution is -2.28. The number of anilines is 1. The van der Waals surface area contributed by atoms with Gasteiger partial charge in [-0.05, 0) is 22.9 Å². The van der Waals surface area contributed by atoms with Crippen molar-refractivity contribution < 1.29 is 9.53 Å². The molecular formula is C12H17N7O2. The number of likely N-dealkylation sites (N-methyl/N-ethyl adjacent to an activating group) is 1. The smallest absolute Gasteiger partial charge is 0.326 e. The van der Waals surface area contributed by atoms with Crippen LogP contribution in [0.2, 0.25) is 0 Å². The molecule has 0 spiro atoms. The van der Waals surface area contributed by atoms with E-state index in [-0.39, 0.29) is 13.2 Å². The van der Waals surface area contributed by atoms with E-state index in [2.05, 4.69) is 25.5 Å². The van der Waals surface area contributed by atoms with Crippen LogP contribution in [0, 0.1) is 0 Å². The Morgan fingerprint density at radius 2 is 2.14 bits per heavy atom. The van der Waals surface area contributed by atoms with E-state index in [9.17, 15) is 4.79 Å². The molecule has 0 aliphatic rings. The van der Waals surface area contributed by atoms with E-state index in [1.165, 1.54) is 0 Å². The van der Waals surface area contributed by atoms with Gasteiger partial charge >= 0.3 is 5.97 Å². The zero-order valence-corrected chi connectivity index (χ0v) is 12.0. The second-order valence-corrected chi connectivity index (χ2v) is 4.38. The van der Waals surface area contributed by atoms with Gasteiger partial charge in [-0.3, -0.25) is 4.79 Å². The van der Waals surface area contributed by atoms with Crippen molar-refractivity contribution in [3.8, 4) is 0 Å². The maximum absolute atomic E-state index is 11.8. The molecule has 0 bridgehead atoms. The number of aromatic nitrogens is 6. The monoisotopic (exact) mass is 291 g/mol. The minimum absolute atomic E-state index is 0.0509. The molecule has 9 heteroatoms. The normalized spacial score (nSPS) is 10.4. The summed E-state index contributed by atoms with van der Waals surface area (Å²) in [4.78, 5) is 21.5. The molecule has 2 rings (SSSR count). The van der Waals surface area contributed by atoms with Crippen LogP contribution in [0.15, 0.2) is 18.5 Å². The van der Waals surface area contributed by atoms with Crippen LogP contribution in [-0.2, 0) is 22.7 Å². The van der Waals surface area contributed by atoms with Gasteiger partial charge in [-0.25, -0.2) is 14.6 Å². The third-order valence-electron chi connectivity index (χ3n) is 2.66. The Hall–Kier alpha value is -2.58. The molecule has 0 atom stereocenters. The predicted octanol–water partition coefficient (Wildman–Crippen LogP) is 0.0527. The Morgan fingerprint density at radius 1 is 1.38 bits per heavy atom. The van der Waals surface area contributed by atoms with Crippen molar-refractivity contribution in [1.82, 2.24) is 30.2 Å². The van der Waals surface area contributed by atoms with Crippen molar-refractivity contribution in [2.24, 2.45) is 0 Å². The number of carbonyl (C=O) groups is 1. The molecule has 0 fully saturated rings. The highest BCUT2D eigenvalue weighted by Gasteiger charge is 2.13.